The summed E-state index contributed by atoms with van der Waals surface area (Å²) in [4.78, 5) is 11.0. The lowest BCUT2D eigenvalue weighted by Crippen LogP contribution is -2.04. The fourth-order valence-corrected chi connectivity index (χ4v) is 0.952. The first-order valence-electron chi connectivity index (χ1n) is 3.68. The largest absolute Gasteiger partial charge is 0.494 e. The molecule has 0 aromatic heterocycles. The van der Waals surface area contributed by atoms with Gasteiger partial charge in [-0.2, -0.15) is 0 Å². The zero-order chi connectivity index (χ0) is 10.7. The van der Waals surface area contributed by atoms with Crippen LogP contribution in [0.4, 0.5) is 8.78 Å². The fourth-order valence-electron chi connectivity index (χ4n) is 0.952. The van der Waals surface area contributed by atoms with Gasteiger partial charge < -0.3 is 10.1 Å². The van der Waals surface area contributed by atoms with Crippen molar-refractivity contribution in [2.75, 3.05) is 7.11 Å². The van der Waals surface area contributed by atoms with Crippen LogP contribution in [0.15, 0.2) is 12.1 Å². The molecule has 0 aliphatic rings. The molecule has 0 aliphatic heterocycles. The Morgan fingerprint density at radius 1 is 1.43 bits per heavy atom. The number of hydrogen-bond donors (Lipinski definition) is 1. The van der Waals surface area contributed by atoms with E-state index in [1.54, 1.807) is 0 Å². The number of ether oxygens (including phenoxy) is 1. The van der Waals surface area contributed by atoms with Gasteiger partial charge in [0.25, 0.3) is 0 Å². The molecule has 0 saturated heterocycles. The molecule has 14 heavy (non-hydrogen) atoms. The summed E-state index contributed by atoms with van der Waals surface area (Å²) in [5.74, 6) is -2.94. The minimum atomic E-state index is -1.00. The third kappa shape index (κ3) is 1.76. The molecule has 0 atom stereocenters. The molecule has 74 valence electrons. The van der Waals surface area contributed by atoms with E-state index in [-0.39, 0.29) is 11.3 Å². The molecule has 0 saturated carbocycles. The van der Waals surface area contributed by atoms with Gasteiger partial charge in [0.15, 0.2) is 11.6 Å². The summed E-state index contributed by atoms with van der Waals surface area (Å²) >= 11 is 0. The molecule has 5 heteroatoms. The van der Waals surface area contributed by atoms with Crippen molar-refractivity contribution in [1.29, 1.82) is 5.41 Å². The Kier molecular flexibility index (Phi) is 2.91. The SMILES string of the molecule is COc1cc(C(=O)C=N)c(F)cc1F. The molecule has 1 rings (SSSR count). The second kappa shape index (κ2) is 3.95. The van der Waals surface area contributed by atoms with E-state index in [9.17, 15) is 13.6 Å². The highest BCUT2D eigenvalue weighted by atomic mass is 19.1. The van der Waals surface area contributed by atoms with Gasteiger partial charge in [-0.05, 0) is 6.07 Å². The molecule has 0 amide bonds. The Bertz CT molecular complexity index is 391. The van der Waals surface area contributed by atoms with Gasteiger partial charge in [-0.15, -0.1) is 0 Å². The number of hydrogen-bond acceptors (Lipinski definition) is 3. The zero-order valence-electron chi connectivity index (χ0n) is 7.30. The van der Waals surface area contributed by atoms with E-state index in [1.807, 2.05) is 0 Å². The molecule has 3 nitrogen and oxygen atoms in total. The molecule has 1 aromatic rings. The van der Waals surface area contributed by atoms with Crippen molar-refractivity contribution in [2.24, 2.45) is 0 Å². The Hall–Kier alpha value is -1.78. The number of halogens is 2. The summed E-state index contributed by atoms with van der Waals surface area (Å²) in [5.41, 5.74) is -0.377. The predicted molar refractivity (Wildman–Crippen MR) is 46.0 cm³/mol. The van der Waals surface area contributed by atoms with Crippen LogP contribution in [0.5, 0.6) is 5.75 Å². The number of carbonyl (C=O) groups is 1. The lowest BCUT2D eigenvalue weighted by Gasteiger charge is -2.04. The number of methoxy groups -OCH3 is 1. The van der Waals surface area contributed by atoms with Crippen molar-refractivity contribution >= 4 is 12.0 Å². The van der Waals surface area contributed by atoms with E-state index in [0.29, 0.717) is 12.3 Å². The minimum Gasteiger partial charge on any atom is -0.494 e. The smallest absolute Gasteiger partial charge is 0.206 e. The summed E-state index contributed by atoms with van der Waals surface area (Å²) in [6, 6.07) is 1.48. The molecular formula is C9H7F2NO2. The Morgan fingerprint density at radius 3 is 2.57 bits per heavy atom. The van der Waals surface area contributed by atoms with E-state index in [4.69, 9.17) is 5.41 Å². The number of carbonyl (C=O) groups excluding carboxylic acids is 1. The molecule has 0 bridgehead atoms. The summed E-state index contributed by atoms with van der Waals surface area (Å²) in [6.45, 7) is 0. The summed E-state index contributed by atoms with van der Waals surface area (Å²) in [7, 11) is 1.20. The first-order chi connectivity index (χ1) is 6.60. The third-order valence-corrected chi connectivity index (χ3v) is 1.64. The summed E-state index contributed by atoms with van der Waals surface area (Å²) in [6.07, 6.45) is 0.454. The molecule has 1 aromatic carbocycles. The highest BCUT2D eigenvalue weighted by molar-refractivity contribution is 6.34. The van der Waals surface area contributed by atoms with Gasteiger partial charge in [-0.3, -0.25) is 4.79 Å². The number of Topliss-reactive ketones (excluding diaryl/α,β-unsaturated/α-hetero) is 1. The average molecular weight is 199 g/mol. The van der Waals surface area contributed by atoms with Gasteiger partial charge in [0.1, 0.15) is 5.82 Å². The van der Waals surface area contributed by atoms with Gasteiger partial charge in [-0.25, -0.2) is 8.78 Å². The van der Waals surface area contributed by atoms with Gasteiger partial charge in [0, 0.05) is 6.07 Å². The molecule has 0 heterocycles. The van der Waals surface area contributed by atoms with E-state index in [2.05, 4.69) is 4.74 Å². The molecule has 0 unspecified atom stereocenters. The lowest BCUT2D eigenvalue weighted by molar-refractivity contribution is 0.106. The Morgan fingerprint density at radius 2 is 2.07 bits per heavy atom. The van der Waals surface area contributed by atoms with Gasteiger partial charge >= 0.3 is 0 Å². The van der Waals surface area contributed by atoms with Crippen LogP contribution < -0.4 is 4.74 Å². The van der Waals surface area contributed by atoms with Crippen molar-refractivity contribution < 1.29 is 18.3 Å². The van der Waals surface area contributed by atoms with Crippen molar-refractivity contribution in [3.63, 3.8) is 0 Å². The van der Waals surface area contributed by atoms with Crippen molar-refractivity contribution in [3.8, 4) is 5.75 Å². The molecule has 0 spiro atoms. The fraction of sp³-hybridized carbons (Fsp3) is 0.111. The van der Waals surface area contributed by atoms with E-state index >= 15 is 0 Å². The number of rotatable bonds is 3. The molecular weight excluding hydrogens is 192 g/mol. The Labute approximate surface area is 78.8 Å². The van der Waals surface area contributed by atoms with E-state index < -0.39 is 17.4 Å². The number of ketones is 1. The van der Waals surface area contributed by atoms with Crippen LogP contribution in [-0.2, 0) is 0 Å². The maximum absolute atomic E-state index is 13.0. The molecule has 0 radical (unpaired) electrons. The number of benzene rings is 1. The normalized spacial score (nSPS) is 9.64. The maximum Gasteiger partial charge on any atom is 0.206 e. The monoisotopic (exact) mass is 199 g/mol. The van der Waals surface area contributed by atoms with Crippen molar-refractivity contribution in [2.45, 2.75) is 0 Å². The zero-order valence-corrected chi connectivity index (χ0v) is 7.30. The Balaban J connectivity index is 3.30. The summed E-state index contributed by atoms with van der Waals surface area (Å²) in [5, 5.41) is 6.65. The highest BCUT2D eigenvalue weighted by Crippen LogP contribution is 2.21. The van der Waals surface area contributed by atoms with Crippen LogP contribution in [0.1, 0.15) is 10.4 Å². The quantitative estimate of drug-likeness (QED) is 0.596. The molecule has 1 N–H and O–H groups in total. The standard InChI is InChI=1S/C9H7F2NO2/c1-14-9-2-5(8(13)4-12)6(10)3-7(9)11/h2-4,12H,1H3. The van der Waals surface area contributed by atoms with Gasteiger partial charge in [0.2, 0.25) is 5.78 Å². The van der Waals surface area contributed by atoms with Crippen LogP contribution in [0.3, 0.4) is 0 Å². The van der Waals surface area contributed by atoms with Crippen LogP contribution in [0.2, 0.25) is 0 Å². The van der Waals surface area contributed by atoms with E-state index in [0.717, 1.165) is 6.07 Å². The maximum atomic E-state index is 13.0. The number of nitrogens with one attached hydrogen (secondary N) is 1. The van der Waals surface area contributed by atoms with Crippen LogP contribution in [0.25, 0.3) is 0 Å². The predicted octanol–water partition coefficient (Wildman–Crippen LogP) is 1.81. The average Bonchev–Trinajstić information content (AvgIpc) is 2.17. The first kappa shape index (κ1) is 10.3. The second-order valence-electron chi connectivity index (χ2n) is 2.48. The second-order valence-corrected chi connectivity index (χ2v) is 2.48. The first-order valence-corrected chi connectivity index (χ1v) is 3.68. The minimum absolute atomic E-state index is 0.225. The van der Waals surface area contributed by atoms with Crippen LogP contribution >= 0.6 is 0 Å². The van der Waals surface area contributed by atoms with Crippen molar-refractivity contribution in [3.05, 3.63) is 29.3 Å². The summed E-state index contributed by atoms with van der Waals surface area (Å²) < 4.78 is 30.4. The lowest BCUT2D eigenvalue weighted by atomic mass is 10.1. The van der Waals surface area contributed by atoms with Crippen molar-refractivity contribution in [1.82, 2.24) is 0 Å². The van der Waals surface area contributed by atoms with Crippen LogP contribution in [-0.4, -0.2) is 19.1 Å². The highest BCUT2D eigenvalue weighted by Gasteiger charge is 2.14. The molecule has 0 fully saturated rings. The third-order valence-electron chi connectivity index (χ3n) is 1.64. The van der Waals surface area contributed by atoms with E-state index in [1.165, 1.54) is 7.11 Å². The topological polar surface area (TPSA) is 50.2 Å². The molecule has 0 aliphatic carbocycles. The van der Waals surface area contributed by atoms with Crippen LogP contribution in [0, 0.1) is 17.0 Å². The van der Waals surface area contributed by atoms with Gasteiger partial charge in [-0.1, -0.05) is 0 Å². The van der Waals surface area contributed by atoms with Gasteiger partial charge in [0.05, 0.1) is 18.9 Å².